The lowest BCUT2D eigenvalue weighted by molar-refractivity contribution is -0.0586. The summed E-state index contributed by atoms with van der Waals surface area (Å²) in [5.41, 5.74) is 1.60. The van der Waals surface area contributed by atoms with E-state index in [0.717, 1.165) is 18.7 Å². The minimum atomic E-state index is 0.0441. The number of H-pyrrole nitrogens is 1. The van der Waals surface area contributed by atoms with Gasteiger partial charge in [-0.25, -0.2) is 0 Å². The molecule has 2 aliphatic heterocycles. The third kappa shape index (κ3) is 2.58. The molecule has 2 saturated heterocycles. The van der Waals surface area contributed by atoms with Gasteiger partial charge in [0.2, 0.25) is 0 Å². The van der Waals surface area contributed by atoms with Crippen LogP contribution in [-0.4, -0.2) is 59.5 Å². The molecule has 6 nitrogen and oxygen atoms in total. The first-order valence-corrected chi connectivity index (χ1v) is 7.21. The van der Waals surface area contributed by atoms with E-state index < -0.39 is 0 Å². The molecule has 20 heavy (non-hydrogen) atoms. The van der Waals surface area contributed by atoms with Crippen LogP contribution in [0.25, 0.3) is 0 Å². The maximum atomic E-state index is 12.7. The Kier molecular flexibility index (Phi) is 3.76. The lowest BCUT2D eigenvalue weighted by Crippen LogP contribution is -2.48. The lowest BCUT2D eigenvalue weighted by Gasteiger charge is -2.35. The van der Waals surface area contributed by atoms with E-state index in [0.29, 0.717) is 25.3 Å². The first-order valence-electron chi connectivity index (χ1n) is 7.21. The van der Waals surface area contributed by atoms with Gasteiger partial charge in [-0.1, -0.05) is 0 Å². The smallest absolute Gasteiger partial charge is 0.257 e. The standard InChI is InChI=1S/C14H21N3O3/c1-9-6-17(7-10(2)20-9)14(18)12-5-15-16-13(12)11-3-4-19-8-11/h5,9-11H,3-4,6-8H2,1-2H3,(H,15,16)/t9-,10-,11-/m1/s1. The van der Waals surface area contributed by atoms with Crippen molar-refractivity contribution in [1.29, 1.82) is 0 Å². The molecular weight excluding hydrogens is 258 g/mol. The highest BCUT2D eigenvalue weighted by Gasteiger charge is 2.31. The Morgan fingerprint density at radius 2 is 2.15 bits per heavy atom. The predicted octanol–water partition coefficient (Wildman–Crippen LogP) is 1.16. The molecule has 0 unspecified atom stereocenters. The Labute approximate surface area is 118 Å². The Morgan fingerprint density at radius 3 is 2.80 bits per heavy atom. The zero-order valence-electron chi connectivity index (χ0n) is 12.0. The molecule has 1 aromatic heterocycles. The van der Waals surface area contributed by atoms with Crippen molar-refractivity contribution in [2.45, 2.75) is 38.4 Å². The molecule has 0 spiro atoms. The predicted molar refractivity (Wildman–Crippen MR) is 72.7 cm³/mol. The number of hydrogen-bond acceptors (Lipinski definition) is 4. The molecule has 110 valence electrons. The second-order valence-electron chi connectivity index (χ2n) is 5.73. The van der Waals surface area contributed by atoms with Gasteiger partial charge in [-0.3, -0.25) is 9.89 Å². The topological polar surface area (TPSA) is 67.5 Å². The van der Waals surface area contributed by atoms with Gasteiger partial charge in [0, 0.05) is 25.6 Å². The van der Waals surface area contributed by atoms with Crippen LogP contribution < -0.4 is 0 Å². The average molecular weight is 279 g/mol. The fraction of sp³-hybridized carbons (Fsp3) is 0.714. The van der Waals surface area contributed by atoms with Crippen molar-refractivity contribution >= 4 is 5.91 Å². The summed E-state index contributed by atoms with van der Waals surface area (Å²) in [5.74, 6) is 0.301. The molecule has 0 aromatic carbocycles. The zero-order chi connectivity index (χ0) is 14.1. The normalized spacial score (nSPS) is 30.7. The Hall–Kier alpha value is -1.40. The number of amides is 1. The summed E-state index contributed by atoms with van der Waals surface area (Å²) in [6.45, 7) is 6.68. The summed E-state index contributed by atoms with van der Waals surface area (Å²) in [6.07, 6.45) is 2.74. The van der Waals surface area contributed by atoms with Crippen molar-refractivity contribution in [2.24, 2.45) is 0 Å². The zero-order valence-corrected chi connectivity index (χ0v) is 12.0. The summed E-state index contributed by atoms with van der Waals surface area (Å²) >= 11 is 0. The number of carbonyl (C=O) groups is 1. The largest absolute Gasteiger partial charge is 0.381 e. The number of rotatable bonds is 2. The second kappa shape index (κ2) is 5.54. The van der Waals surface area contributed by atoms with Crippen LogP contribution in [0.1, 0.15) is 42.2 Å². The van der Waals surface area contributed by atoms with Gasteiger partial charge in [0.05, 0.1) is 36.3 Å². The van der Waals surface area contributed by atoms with Crippen molar-refractivity contribution in [3.8, 4) is 0 Å². The van der Waals surface area contributed by atoms with Gasteiger partial charge in [0.1, 0.15) is 0 Å². The molecule has 2 fully saturated rings. The van der Waals surface area contributed by atoms with Crippen LogP contribution in [0.5, 0.6) is 0 Å². The van der Waals surface area contributed by atoms with Crippen LogP contribution in [-0.2, 0) is 9.47 Å². The van der Waals surface area contributed by atoms with E-state index in [1.165, 1.54) is 0 Å². The lowest BCUT2D eigenvalue weighted by atomic mass is 10.0. The number of ether oxygens (including phenoxy) is 2. The number of nitrogens with zero attached hydrogens (tertiary/aromatic N) is 2. The van der Waals surface area contributed by atoms with Gasteiger partial charge < -0.3 is 14.4 Å². The monoisotopic (exact) mass is 279 g/mol. The second-order valence-corrected chi connectivity index (χ2v) is 5.73. The van der Waals surface area contributed by atoms with E-state index in [1.54, 1.807) is 6.20 Å². The van der Waals surface area contributed by atoms with E-state index in [9.17, 15) is 4.79 Å². The van der Waals surface area contributed by atoms with Crippen LogP contribution >= 0.6 is 0 Å². The Bertz CT molecular complexity index is 472. The van der Waals surface area contributed by atoms with Crippen LogP contribution in [0.3, 0.4) is 0 Å². The van der Waals surface area contributed by atoms with Crippen molar-refractivity contribution in [2.75, 3.05) is 26.3 Å². The number of carbonyl (C=O) groups excluding carboxylic acids is 1. The first kappa shape index (κ1) is 13.6. The van der Waals surface area contributed by atoms with E-state index >= 15 is 0 Å². The molecule has 3 atom stereocenters. The van der Waals surface area contributed by atoms with Gasteiger partial charge in [0.15, 0.2) is 0 Å². The average Bonchev–Trinajstić information content (AvgIpc) is 3.07. The van der Waals surface area contributed by atoms with Crippen molar-refractivity contribution in [1.82, 2.24) is 15.1 Å². The number of hydrogen-bond donors (Lipinski definition) is 1. The highest BCUT2D eigenvalue weighted by atomic mass is 16.5. The van der Waals surface area contributed by atoms with Gasteiger partial charge >= 0.3 is 0 Å². The van der Waals surface area contributed by atoms with E-state index in [2.05, 4.69) is 10.2 Å². The maximum absolute atomic E-state index is 12.7. The SMILES string of the molecule is C[C@@H]1CN(C(=O)c2cn[nH]c2[C@@H]2CCOC2)C[C@@H](C)O1. The Morgan fingerprint density at radius 1 is 1.40 bits per heavy atom. The summed E-state index contributed by atoms with van der Waals surface area (Å²) < 4.78 is 11.1. The van der Waals surface area contributed by atoms with Crippen LogP contribution in [0.15, 0.2) is 6.20 Å². The molecule has 3 rings (SSSR count). The van der Waals surface area contributed by atoms with Gasteiger partial charge in [-0.15, -0.1) is 0 Å². The summed E-state index contributed by atoms with van der Waals surface area (Å²) in [6, 6.07) is 0. The number of aromatic nitrogens is 2. The minimum absolute atomic E-state index is 0.0441. The van der Waals surface area contributed by atoms with Crippen molar-refractivity contribution < 1.29 is 14.3 Å². The molecule has 0 aliphatic carbocycles. The minimum Gasteiger partial charge on any atom is -0.381 e. The maximum Gasteiger partial charge on any atom is 0.257 e. The van der Waals surface area contributed by atoms with Gasteiger partial charge in [0.25, 0.3) is 5.91 Å². The highest BCUT2D eigenvalue weighted by molar-refractivity contribution is 5.95. The fourth-order valence-electron chi connectivity index (χ4n) is 3.05. The number of aromatic amines is 1. The number of morpholine rings is 1. The molecule has 0 bridgehead atoms. The molecule has 2 aliphatic rings. The molecule has 1 aromatic rings. The highest BCUT2D eigenvalue weighted by Crippen LogP contribution is 2.27. The van der Waals surface area contributed by atoms with Crippen LogP contribution in [0.2, 0.25) is 0 Å². The van der Waals surface area contributed by atoms with E-state index in [4.69, 9.17) is 9.47 Å². The molecule has 1 N–H and O–H groups in total. The third-order valence-corrected chi connectivity index (χ3v) is 3.94. The molecule has 0 radical (unpaired) electrons. The molecule has 0 saturated carbocycles. The van der Waals surface area contributed by atoms with E-state index in [1.807, 2.05) is 18.7 Å². The van der Waals surface area contributed by atoms with Crippen LogP contribution in [0, 0.1) is 0 Å². The first-order chi connectivity index (χ1) is 9.65. The molecular formula is C14H21N3O3. The van der Waals surface area contributed by atoms with E-state index in [-0.39, 0.29) is 24.0 Å². The quantitative estimate of drug-likeness (QED) is 0.882. The Balaban J connectivity index is 1.78. The molecule has 6 heteroatoms. The van der Waals surface area contributed by atoms with Crippen molar-refractivity contribution in [3.63, 3.8) is 0 Å². The molecule has 3 heterocycles. The van der Waals surface area contributed by atoms with Crippen molar-refractivity contribution in [3.05, 3.63) is 17.5 Å². The molecule has 1 amide bonds. The fourth-order valence-corrected chi connectivity index (χ4v) is 3.05. The summed E-state index contributed by atoms with van der Waals surface area (Å²) in [5, 5.41) is 7.04. The van der Waals surface area contributed by atoms with Gasteiger partial charge in [-0.2, -0.15) is 5.10 Å². The van der Waals surface area contributed by atoms with Crippen LogP contribution in [0.4, 0.5) is 0 Å². The summed E-state index contributed by atoms with van der Waals surface area (Å²) in [4.78, 5) is 14.6. The summed E-state index contributed by atoms with van der Waals surface area (Å²) in [7, 11) is 0. The third-order valence-electron chi connectivity index (χ3n) is 3.94. The van der Waals surface area contributed by atoms with Gasteiger partial charge in [-0.05, 0) is 20.3 Å². The number of nitrogens with one attached hydrogen (secondary N) is 1.